The van der Waals surface area contributed by atoms with E-state index in [1.807, 2.05) is 19.1 Å². The van der Waals surface area contributed by atoms with Gasteiger partial charge in [0.25, 0.3) is 11.8 Å². The van der Waals surface area contributed by atoms with Gasteiger partial charge in [-0.05, 0) is 48.2 Å². The highest BCUT2D eigenvalue weighted by Crippen LogP contribution is 2.30. The Morgan fingerprint density at radius 1 is 1.00 bits per heavy atom. The number of hydrogen-bond donors (Lipinski definition) is 1. The molecule has 0 aromatic heterocycles. The zero-order valence-electron chi connectivity index (χ0n) is 14.5. The molecule has 5 nitrogen and oxygen atoms in total. The van der Waals surface area contributed by atoms with E-state index in [9.17, 15) is 14.4 Å². The van der Waals surface area contributed by atoms with Crippen LogP contribution in [0.3, 0.4) is 0 Å². The third-order valence-electron chi connectivity index (χ3n) is 4.62. The van der Waals surface area contributed by atoms with Crippen LogP contribution in [0, 0.1) is 6.92 Å². The van der Waals surface area contributed by atoms with Crippen LogP contribution in [0.1, 0.15) is 26.3 Å². The number of hydrogen-bond acceptors (Lipinski definition) is 3. The largest absolute Gasteiger partial charge is 0.324 e. The molecule has 1 N–H and O–H groups in total. The summed E-state index contributed by atoms with van der Waals surface area (Å²) in [5.41, 5.74) is 2.24. The minimum atomic E-state index is -0.465. The van der Waals surface area contributed by atoms with Gasteiger partial charge < -0.3 is 5.32 Å². The highest BCUT2D eigenvalue weighted by atomic mass is 35.5. The molecule has 134 valence electrons. The van der Waals surface area contributed by atoms with Gasteiger partial charge >= 0.3 is 0 Å². The lowest BCUT2D eigenvalue weighted by Crippen LogP contribution is -2.44. The number of rotatable bonds is 3. The quantitative estimate of drug-likeness (QED) is 0.699. The van der Waals surface area contributed by atoms with Crippen molar-refractivity contribution >= 4 is 45.8 Å². The first-order valence-corrected chi connectivity index (χ1v) is 8.77. The standard InChI is InChI=1S/C21H15ClN2O3/c1-12-10-14(22)8-9-17(12)23-18(25)11-24-20(26)15-6-2-4-13-5-3-7-16(19(13)15)21(24)27/h2-10H,11H2,1H3,(H,23,25). The zero-order chi connectivity index (χ0) is 19.1. The van der Waals surface area contributed by atoms with Gasteiger partial charge in [0, 0.05) is 27.2 Å². The molecular weight excluding hydrogens is 364 g/mol. The summed E-state index contributed by atoms with van der Waals surface area (Å²) < 4.78 is 0. The van der Waals surface area contributed by atoms with Gasteiger partial charge in [0.1, 0.15) is 6.54 Å². The number of nitrogens with zero attached hydrogens (tertiary/aromatic N) is 1. The maximum atomic E-state index is 12.8. The lowest BCUT2D eigenvalue weighted by atomic mass is 9.94. The first-order chi connectivity index (χ1) is 13.0. The Hall–Kier alpha value is -3.18. The van der Waals surface area contributed by atoms with Gasteiger partial charge in [-0.1, -0.05) is 35.9 Å². The Balaban J connectivity index is 1.62. The second-order valence-corrected chi connectivity index (χ2v) is 6.85. The van der Waals surface area contributed by atoms with Crippen LogP contribution < -0.4 is 5.32 Å². The van der Waals surface area contributed by atoms with E-state index in [1.54, 1.807) is 42.5 Å². The summed E-state index contributed by atoms with van der Waals surface area (Å²) in [4.78, 5) is 39.1. The van der Waals surface area contributed by atoms with E-state index < -0.39 is 17.7 Å². The molecule has 1 aliphatic heterocycles. The Bertz CT molecular complexity index is 1070. The van der Waals surface area contributed by atoms with Crippen molar-refractivity contribution in [3.05, 3.63) is 76.3 Å². The Labute approximate surface area is 160 Å². The Morgan fingerprint density at radius 2 is 1.63 bits per heavy atom. The van der Waals surface area contributed by atoms with Crippen molar-refractivity contribution in [1.29, 1.82) is 0 Å². The fraction of sp³-hybridized carbons (Fsp3) is 0.0952. The normalized spacial score (nSPS) is 13.2. The van der Waals surface area contributed by atoms with Crippen LogP contribution in [0.4, 0.5) is 5.69 Å². The SMILES string of the molecule is Cc1cc(Cl)ccc1NC(=O)CN1C(=O)c2cccc3cccc(c23)C1=O. The predicted molar refractivity (Wildman–Crippen MR) is 104 cm³/mol. The van der Waals surface area contributed by atoms with Crippen molar-refractivity contribution in [1.82, 2.24) is 4.90 Å². The smallest absolute Gasteiger partial charge is 0.261 e. The number of anilines is 1. The van der Waals surface area contributed by atoms with Gasteiger partial charge in [0.05, 0.1) is 0 Å². The van der Waals surface area contributed by atoms with Gasteiger partial charge in [-0.3, -0.25) is 19.3 Å². The van der Waals surface area contributed by atoms with Crippen molar-refractivity contribution in [2.24, 2.45) is 0 Å². The maximum Gasteiger partial charge on any atom is 0.261 e. The lowest BCUT2D eigenvalue weighted by Gasteiger charge is -2.26. The highest BCUT2D eigenvalue weighted by molar-refractivity contribution is 6.30. The van der Waals surface area contributed by atoms with Crippen LogP contribution in [-0.2, 0) is 4.79 Å². The number of nitrogens with one attached hydrogen (secondary N) is 1. The third-order valence-corrected chi connectivity index (χ3v) is 4.86. The van der Waals surface area contributed by atoms with Gasteiger partial charge in [-0.25, -0.2) is 0 Å². The van der Waals surface area contributed by atoms with Crippen molar-refractivity contribution < 1.29 is 14.4 Å². The number of amides is 3. The van der Waals surface area contributed by atoms with E-state index in [-0.39, 0.29) is 6.54 Å². The molecule has 0 atom stereocenters. The molecule has 0 radical (unpaired) electrons. The van der Waals surface area contributed by atoms with Crippen LogP contribution in [0.2, 0.25) is 5.02 Å². The van der Waals surface area contributed by atoms with Crippen molar-refractivity contribution in [2.75, 3.05) is 11.9 Å². The van der Waals surface area contributed by atoms with Crippen LogP contribution >= 0.6 is 11.6 Å². The highest BCUT2D eigenvalue weighted by Gasteiger charge is 2.33. The fourth-order valence-electron chi connectivity index (χ4n) is 3.32. The van der Waals surface area contributed by atoms with Gasteiger partial charge in [-0.2, -0.15) is 0 Å². The number of benzene rings is 3. The number of halogens is 1. The summed E-state index contributed by atoms with van der Waals surface area (Å²) in [6.07, 6.45) is 0. The summed E-state index contributed by atoms with van der Waals surface area (Å²) in [5.74, 6) is -1.38. The Morgan fingerprint density at radius 3 is 2.22 bits per heavy atom. The van der Waals surface area contributed by atoms with Crippen molar-refractivity contribution in [2.45, 2.75) is 6.92 Å². The van der Waals surface area contributed by atoms with E-state index in [2.05, 4.69) is 5.32 Å². The molecule has 4 rings (SSSR count). The number of aryl methyl sites for hydroxylation is 1. The molecule has 3 aromatic carbocycles. The second-order valence-electron chi connectivity index (χ2n) is 6.41. The molecule has 27 heavy (non-hydrogen) atoms. The molecule has 0 bridgehead atoms. The van der Waals surface area contributed by atoms with E-state index in [0.29, 0.717) is 27.2 Å². The van der Waals surface area contributed by atoms with Gasteiger partial charge in [-0.15, -0.1) is 0 Å². The molecule has 6 heteroatoms. The third kappa shape index (κ3) is 2.96. The molecule has 0 saturated heterocycles. The van der Waals surface area contributed by atoms with Crippen LogP contribution in [0.25, 0.3) is 10.8 Å². The van der Waals surface area contributed by atoms with E-state index >= 15 is 0 Å². The van der Waals surface area contributed by atoms with Crippen LogP contribution in [0.5, 0.6) is 0 Å². The fourth-order valence-corrected chi connectivity index (χ4v) is 3.55. The monoisotopic (exact) mass is 378 g/mol. The molecule has 3 amide bonds. The van der Waals surface area contributed by atoms with E-state index in [1.165, 1.54) is 0 Å². The van der Waals surface area contributed by atoms with Gasteiger partial charge in [0.2, 0.25) is 5.91 Å². The Kier molecular flexibility index (Phi) is 4.16. The van der Waals surface area contributed by atoms with Crippen LogP contribution in [-0.4, -0.2) is 29.2 Å². The lowest BCUT2D eigenvalue weighted by molar-refractivity contribution is -0.116. The van der Waals surface area contributed by atoms with Crippen molar-refractivity contribution in [3.63, 3.8) is 0 Å². The molecule has 1 aliphatic rings. The average molecular weight is 379 g/mol. The zero-order valence-corrected chi connectivity index (χ0v) is 15.2. The summed E-state index contributed by atoms with van der Waals surface area (Å²) in [6.45, 7) is 1.46. The second kappa shape index (κ2) is 6.52. The number of carbonyl (C=O) groups excluding carboxylic acids is 3. The predicted octanol–water partition coefficient (Wildman–Crippen LogP) is 4.04. The molecule has 0 spiro atoms. The summed E-state index contributed by atoms with van der Waals surface area (Å²) in [6, 6.07) is 15.7. The van der Waals surface area contributed by atoms with Crippen molar-refractivity contribution in [3.8, 4) is 0 Å². The first-order valence-electron chi connectivity index (χ1n) is 8.39. The summed E-state index contributed by atoms with van der Waals surface area (Å²) in [7, 11) is 0. The minimum Gasteiger partial charge on any atom is -0.324 e. The minimum absolute atomic E-state index is 0.357. The molecule has 0 aliphatic carbocycles. The van der Waals surface area contributed by atoms with E-state index in [0.717, 1.165) is 15.8 Å². The molecule has 0 unspecified atom stereocenters. The maximum absolute atomic E-state index is 12.8. The van der Waals surface area contributed by atoms with Crippen LogP contribution in [0.15, 0.2) is 54.6 Å². The molecule has 0 saturated carbocycles. The van der Waals surface area contributed by atoms with E-state index in [4.69, 9.17) is 11.6 Å². The first kappa shape index (κ1) is 17.2. The molecule has 1 heterocycles. The van der Waals surface area contributed by atoms with Gasteiger partial charge in [0.15, 0.2) is 0 Å². The number of imide groups is 1. The molecule has 3 aromatic rings. The average Bonchev–Trinajstić information content (AvgIpc) is 2.65. The summed E-state index contributed by atoms with van der Waals surface area (Å²) in [5, 5.41) is 4.76. The summed E-state index contributed by atoms with van der Waals surface area (Å²) >= 11 is 5.92. The topological polar surface area (TPSA) is 66.5 Å². The molecule has 0 fully saturated rings. The number of carbonyl (C=O) groups is 3. The molecular formula is C21H15ClN2O3.